The molecule has 0 aromatic heterocycles. The Morgan fingerprint density at radius 2 is 1.58 bits per heavy atom. The van der Waals surface area contributed by atoms with Crippen LogP contribution in [0.1, 0.15) is 45.4 Å². The number of ether oxygens (including phenoxy) is 2. The van der Waals surface area contributed by atoms with Crippen molar-refractivity contribution in [1.29, 1.82) is 0 Å². The molecule has 2 nitrogen and oxygen atoms in total. The molecule has 0 saturated carbocycles. The zero-order chi connectivity index (χ0) is 9.07. The van der Waals surface area contributed by atoms with Crippen LogP contribution in [0.2, 0.25) is 0 Å². The van der Waals surface area contributed by atoms with E-state index in [1.807, 2.05) is 0 Å². The van der Waals surface area contributed by atoms with E-state index in [9.17, 15) is 0 Å². The third-order valence-corrected chi connectivity index (χ3v) is 1.84. The smallest absolute Gasteiger partial charge is 0.146 e. The van der Waals surface area contributed by atoms with Crippen molar-refractivity contribution < 1.29 is 9.47 Å². The van der Waals surface area contributed by atoms with Crippen molar-refractivity contribution in [2.75, 3.05) is 20.5 Å². The summed E-state index contributed by atoms with van der Waals surface area (Å²) in [5, 5.41) is 0. The van der Waals surface area contributed by atoms with E-state index in [4.69, 9.17) is 9.47 Å². The maximum atomic E-state index is 5.17. The third-order valence-electron chi connectivity index (χ3n) is 1.84. The van der Waals surface area contributed by atoms with Crippen molar-refractivity contribution in [2.24, 2.45) is 0 Å². The minimum atomic E-state index is 0.439. The molecule has 0 atom stereocenters. The quantitative estimate of drug-likeness (QED) is 0.395. The SMILES string of the molecule is CCCCCCCCOCOC. The summed E-state index contributed by atoms with van der Waals surface area (Å²) in [6.07, 6.45) is 7.89. The predicted octanol–water partition coefficient (Wildman–Crippen LogP) is 2.97. The topological polar surface area (TPSA) is 18.5 Å². The van der Waals surface area contributed by atoms with E-state index < -0.39 is 0 Å². The van der Waals surface area contributed by atoms with Crippen LogP contribution in [0.3, 0.4) is 0 Å². The lowest BCUT2D eigenvalue weighted by Gasteiger charge is -2.02. The molecule has 0 aliphatic rings. The molecule has 0 N–H and O–H groups in total. The molecule has 12 heavy (non-hydrogen) atoms. The summed E-state index contributed by atoms with van der Waals surface area (Å²) in [5.41, 5.74) is 0. The fourth-order valence-corrected chi connectivity index (χ4v) is 1.13. The van der Waals surface area contributed by atoms with E-state index >= 15 is 0 Å². The van der Waals surface area contributed by atoms with Gasteiger partial charge in [0.2, 0.25) is 0 Å². The predicted molar refractivity (Wildman–Crippen MR) is 51.2 cm³/mol. The molecule has 74 valence electrons. The molecule has 0 aliphatic heterocycles. The Balaban J connectivity index is 2.73. The first-order valence-corrected chi connectivity index (χ1v) is 4.98. The Kier molecular flexibility index (Phi) is 10.8. The van der Waals surface area contributed by atoms with Crippen LogP contribution < -0.4 is 0 Å². The molecule has 0 fully saturated rings. The Morgan fingerprint density at radius 1 is 0.917 bits per heavy atom. The van der Waals surface area contributed by atoms with Gasteiger partial charge in [-0.25, -0.2) is 0 Å². The van der Waals surface area contributed by atoms with E-state index in [1.165, 1.54) is 38.5 Å². The average Bonchev–Trinajstić information content (AvgIpc) is 2.10. The van der Waals surface area contributed by atoms with Gasteiger partial charge in [0.1, 0.15) is 6.79 Å². The van der Waals surface area contributed by atoms with Crippen molar-refractivity contribution in [3.05, 3.63) is 0 Å². The summed E-state index contributed by atoms with van der Waals surface area (Å²) in [6, 6.07) is 0. The molecule has 0 unspecified atom stereocenters. The first-order chi connectivity index (χ1) is 5.91. The average molecular weight is 174 g/mol. The summed E-state index contributed by atoms with van der Waals surface area (Å²) in [7, 11) is 1.65. The number of unbranched alkanes of at least 4 members (excludes halogenated alkanes) is 5. The number of hydrogen-bond acceptors (Lipinski definition) is 2. The number of rotatable bonds is 9. The fourth-order valence-electron chi connectivity index (χ4n) is 1.13. The summed E-state index contributed by atoms with van der Waals surface area (Å²) in [5.74, 6) is 0. The highest BCUT2D eigenvalue weighted by atomic mass is 16.7. The van der Waals surface area contributed by atoms with Gasteiger partial charge in [0.25, 0.3) is 0 Å². The van der Waals surface area contributed by atoms with Crippen molar-refractivity contribution in [3.63, 3.8) is 0 Å². The highest BCUT2D eigenvalue weighted by Gasteiger charge is 1.89. The second kappa shape index (κ2) is 10.9. The molecule has 0 aromatic rings. The van der Waals surface area contributed by atoms with Gasteiger partial charge < -0.3 is 9.47 Å². The van der Waals surface area contributed by atoms with Gasteiger partial charge in [-0.05, 0) is 6.42 Å². The zero-order valence-corrected chi connectivity index (χ0v) is 8.47. The van der Waals surface area contributed by atoms with Crippen molar-refractivity contribution >= 4 is 0 Å². The molecule has 0 aromatic carbocycles. The van der Waals surface area contributed by atoms with Gasteiger partial charge >= 0.3 is 0 Å². The van der Waals surface area contributed by atoms with Gasteiger partial charge in [-0.2, -0.15) is 0 Å². The number of hydrogen-bond donors (Lipinski definition) is 0. The Labute approximate surface area is 76.3 Å². The minimum absolute atomic E-state index is 0.439. The highest BCUT2D eigenvalue weighted by Crippen LogP contribution is 2.04. The first-order valence-electron chi connectivity index (χ1n) is 4.98. The van der Waals surface area contributed by atoms with Crippen LogP contribution in [0.5, 0.6) is 0 Å². The van der Waals surface area contributed by atoms with E-state index in [1.54, 1.807) is 7.11 Å². The van der Waals surface area contributed by atoms with Gasteiger partial charge in [0, 0.05) is 13.7 Å². The third kappa shape index (κ3) is 9.92. The molecule has 0 bridgehead atoms. The van der Waals surface area contributed by atoms with Crippen molar-refractivity contribution in [3.8, 4) is 0 Å². The standard InChI is InChI=1S/C10H22O2/c1-3-4-5-6-7-8-9-12-10-11-2/h3-10H2,1-2H3. The normalized spacial score (nSPS) is 10.5. The zero-order valence-electron chi connectivity index (χ0n) is 8.47. The van der Waals surface area contributed by atoms with E-state index in [0.717, 1.165) is 6.61 Å². The molecular weight excluding hydrogens is 152 g/mol. The lowest BCUT2D eigenvalue weighted by molar-refractivity contribution is -0.0315. The second-order valence-corrected chi connectivity index (χ2v) is 3.08. The molecule has 0 amide bonds. The fraction of sp³-hybridized carbons (Fsp3) is 1.00. The van der Waals surface area contributed by atoms with Crippen LogP contribution in [0.15, 0.2) is 0 Å². The number of methoxy groups -OCH3 is 1. The molecule has 0 spiro atoms. The Bertz CT molecular complexity index is 64.2. The first kappa shape index (κ1) is 11.9. The van der Waals surface area contributed by atoms with Gasteiger partial charge in [-0.1, -0.05) is 39.0 Å². The summed E-state index contributed by atoms with van der Waals surface area (Å²) < 4.78 is 9.93. The van der Waals surface area contributed by atoms with Crippen LogP contribution in [0.25, 0.3) is 0 Å². The van der Waals surface area contributed by atoms with Gasteiger partial charge in [-0.3, -0.25) is 0 Å². The maximum Gasteiger partial charge on any atom is 0.146 e. The van der Waals surface area contributed by atoms with Gasteiger partial charge in [-0.15, -0.1) is 0 Å². The summed E-state index contributed by atoms with van der Waals surface area (Å²) in [6.45, 7) is 3.52. The molecule has 0 radical (unpaired) electrons. The Hall–Kier alpha value is -0.0800. The largest absolute Gasteiger partial charge is 0.359 e. The summed E-state index contributed by atoms with van der Waals surface area (Å²) in [4.78, 5) is 0. The van der Waals surface area contributed by atoms with Crippen LogP contribution in [-0.2, 0) is 9.47 Å². The van der Waals surface area contributed by atoms with E-state index in [-0.39, 0.29) is 0 Å². The van der Waals surface area contributed by atoms with E-state index in [0.29, 0.717) is 6.79 Å². The van der Waals surface area contributed by atoms with Gasteiger partial charge in [0.05, 0.1) is 0 Å². The van der Waals surface area contributed by atoms with Crippen molar-refractivity contribution in [1.82, 2.24) is 0 Å². The monoisotopic (exact) mass is 174 g/mol. The molecule has 0 aliphatic carbocycles. The van der Waals surface area contributed by atoms with Crippen LogP contribution in [-0.4, -0.2) is 20.5 Å². The highest BCUT2D eigenvalue weighted by molar-refractivity contribution is 4.42. The molecule has 0 rings (SSSR count). The van der Waals surface area contributed by atoms with Crippen molar-refractivity contribution in [2.45, 2.75) is 45.4 Å². The Morgan fingerprint density at radius 3 is 2.25 bits per heavy atom. The van der Waals surface area contributed by atoms with Crippen LogP contribution >= 0.6 is 0 Å². The molecular formula is C10H22O2. The van der Waals surface area contributed by atoms with Crippen LogP contribution in [0, 0.1) is 0 Å². The minimum Gasteiger partial charge on any atom is -0.359 e. The van der Waals surface area contributed by atoms with Gasteiger partial charge in [0.15, 0.2) is 0 Å². The second-order valence-electron chi connectivity index (χ2n) is 3.08. The van der Waals surface area contributed by atoms with Crippen LogP contribution in [0.4, 0.5) is 0 Å². The molecule has 0 heterocycles. The van der Waals surface area contributed by atoms with E-state index in [2.05, 4.69) is 6.92 Å². The molecule has 2 heteroatoms. The molecule has 0 saturated heterocycles. The summed E-state index contributed by atoms with van der Waals surface area (Å²) >= 11 is 0. The lowest BCUT2D eigenvalue weighted by Crippen LogP contribution is -1.98. The maximum absolute atomic E-state index is 5.17. The lowest BCUT2D eigenvalue weighted by atomic mass is 10.1.